The van der Waals surface area contributed by atoms with Crippen LogP contribution < -0.4 is 9.64 Å². The van der Waals surface area contributed by atoms with Crippen molar-refractivity contribution in [2.75, 3.05) is 18.6 Å². The van der Waals surface area contributed by atoms with Gasteiger partial charge in [-0.15, -0.1) is 0 Å². The molecule has 6 nitrogen and oxygen atoms in total. The zero-order valence-corrected chi connectivity index (χ0v) is 12.7. The Labute approximate surface area is 129 Å². The number of hydrogen-bond donors (Lipinski definition) is 0. The van der Waals surface area contributed by atoms with Crippen molar-refractivity contribution in [3.63, 3.8) is 0 Å². The second kappa shape index (κ2) is 6.68. The average Bonchev–Trinajstić information content (AvgIpc) is 2.51. The number of benzene rings is 1. The van der Waals surface area contributed by atoms with Crippen LogP contribution in [0.15, 0.2) is 30.3 Å². The molecule has 0 atom stereocenters. The molecule has 112 valence electrons. The highest BCUT2D eigenvalue weighted by atomic mass is 16.5. The Kier molecular flexibility index (Phi) is 4.69. The van der Waals surface area contributed by atoms with E-state index in [4.69, 9.17) is 4.74 Å². The number of Topliss-reactive ketones (excluding diaryl/α,β-unsaturated/α-hetero) is 1. The molecule has 0 aliphatic rings. The molecule has 0 bridgehead atoms. The van der Waals surface area contributed by atoms with Crippen molar-refractivity contribution in [2.24, 2.45) is 0 Å². The van der Waals surface area contributed by atoms with Gasteiger partial charge in [-0.3, -0.25) is 4.79 Å². The molecule has 0 spiro atoms. The minimum Gasteiger partial charge on any atom is -0.497 e. The van der Waals surface area contributed by atoms with E-state index >= 15 is 0 Å². The Morgan fingerprint density at radius 1 is 1.23 bits per heavy atom. The zero-order valence-electron chi connectivity index (χ0n) is 12.7. The van der Waals surface area contributed by atoms with Crippen LogP contribution in [-0.4, -0.2) is 29.4 Å². The van der Waals surface area contributed by atoms with E-state index in [9.17, 15) is 10.1 Å². The summed E-state index contributed by atoms with van der Waals surface area (Å²) in [5.74, 6) is 0.722. The third-order valence-corrected chi connectivity index (χ3v) is 3.05. The van der Waals surface area contributed by atoms with E-state index in [0.29, 0.717) is 11.3 Å². The van der Waals surface area contributed by atoms with Gasteiger partial charge in [0, 0.05) is 17.0 Å². The summed E-state index contributed by atoms with van der Waals surface area (Å²) < 4.78 is 5.05. The summed E-state index contributed by atoms with van der Waals surface area (Å²) in [4.78, 5) is 21.9. The first-order chi connectivity index (χ1) is 10.5. The van der Waals surface area contributed by atoms with Gasteiger partial charge in [0.1, 0.15) is 5.75 Å². The molecule has 2 rings (SSSR count). The molecule has 0 fully saturated rings. The van der Waals surface area contributed by atoms with Crippen LogP contribution in [0.3, 0.4) is 0 Å². The fourth-order valence-electron chi connectivity index (χ4n) is 1.99. The molecule has 0 aliphatic heterocycles. The molecule has 1 heterocycles. The van der Waals surface area contributed by atoms with Crippen LogP contribution in [0.5, 0.6) is 5.75 Å². The molecule has 2 aromatic rings. The van der Waals surface area contributed by atoms with Gasteiger partial charge in [-0.05, 0) is 44.2 Å². The van der Waals surface area contributed by atoms with E-state index in [1.807, 2.05) is 26.1 Å². The van der Waals surface area contributed by atoms with Crippen LogP contribution in [-0.2, 0) is 0 Å². The summed E-state index contributed by atoms with van der Waals surface area (Å²) >= 11 is 0. The van der Waals surface area contributed by atoms with Gasteiger partial charge in [-0.1, -0.05) is 0 Å². The molecule has 6 heteroatoms. The maximum absolute atomic E-state index is 12.3. The Balaban J connectivity index is 2.18. The number of anilines is 1. The van der Waals surface area contributed by atoms with Gasteiger partial charge in [0.15, 0.2) is 12.0 Å². The van der Waals surface area contributed by atoms with Crippen molar-refractivity contribution >= 4 is 11.7 Å². The fourth-order valence-corrected chi connectivity index (χ4v) is 1.99. The minimum absolute atomic E-state index is 0.105. The number of aryl methyl sites for hydroxylation is 2. The van der Waals surface area contributed by atoms with E-state index < -0.39 is 0 Å². The van der Waals surface area contributed by atoms with Gasteiger partial charge in [-0.25, -0.2) is 14.9 Å². The third-order valence-electron chi connectivity index (χ3n) is 3.05. The number of methoxy groups -OCH3 is 1. The van der Waals surface area contributed by atoms with E-state index in [1.54, 1.807) is 31.4 Å². The SMILES string of the molecule is COc1ccc(C(=O)CN(C#N)c2nc(C)cc(C)n2)cc1. The topological polar surface area (TPSA) is 79.1 Å². The molecule has 0 amide bonds. The van der Waals surface area contributed by atoms with Crippen LogP contribution in [0, 0.1) is 25.3 Å². The first kappa shape index (κ1) is 15.4. The Morgan fingerprint density at radius 2 is 1.82 bits per heavy atom. The number of ether oxygens (including phenoxy) is 1. The molecule has 0 saturated carbocycles. The van der Waals surface area contributed by atoms with Gasteiger partial charge in [0.25, 0.3) is 0 Å². The number of carbonyl (C=O) groups is 1. The largest absolute Gasteiger partial charge is 0.497 e. The number of nitriles is 1. The van der Waals surface area contributed by atoms with E-state index in [-0.39, 0.29) is 18.3 Å². The number of carbonyl (C=O) groups excluding carboxylic acids is 1. The summed E-state index contributed by atoms with van der Waals surface area (Å²) in [6.45, 7) is 3.53. The number of ketones is 1. The maximum atomic E-state index is 12.3. The van der Waals surface area contributed by atoms with Crippen LogP contribution in [0.1, 0.15) is 21.7 Å². The molecule has 1 aromatic heterocycles. The first-order valence-electron chi connectivity index (χ1n) is 6.70. The molecule has 0 N–H and O–H groups in total. The van der Waals surface area contributed by atoms with Gasteiger partial charge >= 0.3 is 0 Å². The molecule has 22 heavy (non-hydrogen) atoms. The van der Waals surface area contributed by atoms with Crippen molar-refractivity contribution in [3.05, 3.63) is 47.3 Å². The van der Waals surface area contributed by atoms with Gasteiger partial charge in [0.2, 0.25) is 5.95 Å². The lowest BCUT2D eigenvalue weighted by molar-refractivity contribution is 0.100. The molecule has 0 radical (unpaired) electrons. The molecular formula is C16H16N4O2. The molecular weight excluding hydrogens is 280 g/mol. The van der Waals surface area contributed by atoms with Crippen molar-refractivity contribution in [3.8, 4) is 11.9 Å². The summed E-state index contributed by atoms with van der Waals surface area (Å²) in [5, 5.41) is 9.26. The zero-order chi connectivity index (χ0) is 16.1. The summed E-state index contributed by atoms with van der Waals surface area (Å²) in [6.07, 6.45) is 1.96. The number of hydrogen-bond acceptors (Lipinski definition) is 6. The monoisotopic (exact) mass is 296 g/mol. The standard InChI is InChI=1S/C16H16N4O2/c1-11-8-12(2)19-16(18-11)20(10-17)9-15(21)13-4-6-14(22-3)7-5-13/h4-8H,9H2,1-3H3. The highest BCUT2D eigenvalue weighted by Gasteiger charge is 2.16. The molecule has 0 aliphatic carbocycles. The summed E-state index contributed by atoms with van der Waals surface area (Å²) in [6, 6.07) is 8.55. The van der Waals surface area contributed by atoms with Crippen molar-refractivity contribution in [2.45, 2.75) is 13.8 Å². The first-order valence-corrected chi connectivity index (χ1v) is 6.70. The van der Waals surface area contributed by atoms with Gasteiger partial charge < -0.3 is 4.74 Å². The second-order valence-corrected chi connectivity index (χ2v) is 4.79. The quantitative estimate of drug-likeness (QED) is 0.478. The van der Waals surface area contributed by atoms with Crippen molar-refractivity contribution in [1.29, 1.82) is 5.26 Å². The van der Waals surface area contributed by atoms with Crippen molar-refractivity contribution in [1.82, 2.24) is 9.97 Å². The lowest BCUT2D eigenvalue weighted by atomic mass is 10.1. The predicted octanol–water partition coefficient (Wildman–Crippen LogP) is 2.27. The van der Waals surface area contributed by atoms with Crippen LogP contribution in [0.25, 0.3) is 0 Å². The average molecular weight is 296 g/mol. The van der Waals surface area contributed by atoms with E-state index in [1.165, 1.54) is 4.90 Å². The molecule has 0 unspecified atom stereocenters. The normalized spacial score (nSPS) is 9.91. The second-order valence-electron chi connectivity index (χ2n) is 4.79. The Morgan fingerprint density at radius 3 is 2.32 bits per heavy atom. The Hall–Kier alpha value is -2.94. The van der Waals surface area contributed by atoms with Crippen molar-refractivity contribution < 1.29 is 9.53 Å². The summed E-state index contributed by atoms with van der Waals surface area (Å²) in [5.41, 5.74) is 2.00. The molecule has 1 aromatic carbocycles. The Bertz CT molecular complexity index is 700. The molecule has 0 saturated heterocycles. The minimum atomic E-state index is -0.188. The lowest BCUT2D eigenvalue weighted by Gasteiger charge is -2.13. The number of nitrogens with zero attached hydrogens (tertiary/aromatic N) is 4. The van der Waals surface area contributed by atoms with Crippen LogP contribution >= 0.6 is 0 Å². The van der Waals surface area contributed by atoms with Gasteiger partial charge in [-0.2, -0.15) is 5.26 Å². The lowest BCUT2D eigenvalue weighted by Crippen LogP contribution is -2.27. The number of aromatic nitrogens is 2. The fraction of sp³-hybridized carbons (Fsp3) is 0.250. The van der Waals surface area contributed by atoms with E-state index in [0.717, 1.165) is 11.4 Å². The third kappa shape index (κ3) is 3.58. The van der Waals surface area contributed by atoms with Crippen LogP contribution in [0.4, 0.5) is 5.95 Å². The predicted molar refractivity (Wildman–Crippen MR) is 81.8 cm³/mol. The van der Waals surface area contributed by atoms with Crippen LogP contribution in [0.2, 0.25) is 0 Å². The number of rotatable bonds is 5. The smallest absolute Gasteiger partial charge is 0.239 e. The summed E-state index contributed by atoms with van der Waals surface area (Å²) in [7, 11) is 1.56. The highest BCUT2D eigenvalue weighted by Crippen LogP contribution is 2.14. The maximum Gasteiger partial charge on any atom is 0.239 e. The van der Waals surface area contributed by atoms with E-state index in [2.05, 4.69) is 9.97 Å². The highest BCUT2D eigenvalue weighted by molar-refractivity contribution is 5.99. The van der Waals surface area contributed by atoms with Gasteiger partial charge in [0.05, 0.1) is 13.7 Å².